The Morgan fingerprint density at radius 3 is 2.36 bits per heavy atom. The van der Waals surface area contributed by atoms with Gasteiger partial charge in [0.1, 0.15) is 0 Å². The van der Waals surface area contributed by atoms with Crippen molar-refractivity contribution in [2.24, 2.45) is 0 Å². The Kier molecular flexibility index (Phi) is 6.69. The van der Waals surface area contributed by atoms with Crippen molar-refractivity contribution in [3.05, 3.63) is 71.3 Å². The van der Waals surface area contributed by atoms with Gasteiger partial charge in [-0.05, 0) is 49.9 Å². The lowest BCUT2D eigenvalue weighted by molar-refractivity contribution is 0.0773. The van der Waals surface area contributed by atoms with Gasteiger partial charge in [0.25, 0.3) is 5.91 Å². The molecule has 0 aromatic heterocycles. The van der Waals surface area contributed by atoms with Crippen molar-refractivity contribution in [3.8, 4) is 0 Å². The highest BCUT2D eigenvalue weighted by Gasteiger charge is 2.29. The molecule has 1 N–H and O–H groups in total. The predicted molar refractivity (Wildman–Crippen MR) is 111 cm³/mol. The molecule has 1 unspecified atom stereocenters. The molecule has 0 saturated carbocycles. The van der Waals surface area contributed by atoms with E-state index in [-0.39, 0.29) is 18.0 Å². The fourth-order valence-electron chi connectivity index (χ4n) is 3.77. The first-order valence-electron chi connectivity index (χ1n) is 10.1. The van der Waals surface area contributed by atoms with Crippen LogP contribution >= 0.6 is 0 Å². The molecule has 2 aromatic carbocycles. The summed E-state index contributed by atoms with van der Waals surface area (Å²) < 4.78 is 0. The zero-order chi connectivity index (χ0) is 19.9. The highest BCUT2D eigenvalue weighted by molar-refractivity contribution is 5.94. The molecule has 1 atom stereocenters. The standard InChI is InChI=1S/C23H29N3O2/c1-3-25(4-2)22(27)20-14-12-18(13-15-20)17-24-23(28)26-16-8-11-21(26)19-9-6-5-7-10-19/h5-7,9-10,12-15,21H,3-4,8,11,16-17H2,1-2H3,(H,24,28). The molecule has 5 nitrogen and oxygen atoms in total. The van der Waals surface area contributed by atoms with Crippen LogP contribution in [0.4, 0.5) is 4.79 Å². The Bertz CT molecular complexity index is 785. The maximum atomic E-state index is 12.7. The van der Waals surface area contributed by atoms with Crippen LogP contribution in [-0.2, 0) is 6.54 Å². The molecular weight excluding hydrogens is 350 g/mol. The lowest BCUT2D eigenvalue weighted by Gasteiger charge is -2.25. The van der Waals surface area contributed by atoms with Crippen LogP contribution in [0.15, 0.2) is 54.6 Å². The first-order valence-corrected chi connectivity index (χ1v) is 10.1. The minimum absolute atomic E-state index is 0.0327. The van der Waals surface area contributed by atoms with Crippen LogP contribution in [0.2, 0.25) is 0 Å². The van der Waals surface area contributed by atoms with Crippen LogP contribution in [-0.4, -0.2) is 41.4 Å². The van der Waals surface area contributed by atoms with Gasteiger partial charge in [0.05, 0.1) is 6.04 Å². The number of hydrogen-bond acceptors (Lipinski definition) is 2. The number of carbonyl (C=O) groups is 2. The van der Waals surface area contributed by atoms with Crippen LogP contribution in [0.3, 0.4) is 0 Å². The van der Waals surface area contributed by atoms with Gasteiger partial charge in [-0.2, -0.15) is 0 Å². The number of hydrogen-bond donors (Lipinski definition) is 1. The molecule has 0 radical (unpaired) electrons. The van der Waals surface area contributed by atoms with Gasteiger partial charge in [0.15, 0.2) is 0 Å². The molecule has 1 fully saturated rings. The summed E-state index contributed by atoms with van der Waals surface area (Å²) in [7, 11) is 0. The summed E-state index contributed by atoms with van der Waals surface area (Å²) in [5.41, 5.74) is 2.86. The van der Waals surface area contributed by atoms with Crippen molar-refractivity contribution in [2.45, 2.75) is 39.3 Å². The molecule has 5 heteroatoms. The summed E-state index contributed by atoms with van der Waals surface area (Å²) in [6.45, 7) is 6.59. The Balaban J connectivity index is 1.58. The Labute approximate surface area is 167 Å². The average Bonchev–Trinajstić information content (AvgIpc) is 3.24. The summed E-state index contributed by atoms with van der Waals surface area (Å²) in [6, 6.07) is 17.8. The molecule has 2 aromatic rings. The number of benzene rings is 2. The summed E-state index contributed by atoms with van der Waals surface area (Å²) >= 11 is 0. The molecule has 1 aliphatic rings. The van der Waals surface area contributed by atoms with Crippen LogP contribution in [0.5, 0.6) is 0 Å². The molecule has 3 rings (SSSR count). The first kappa shape index (κ1) is 19.9. The van der Waals surface area contributed by atoms with E-state index in [9.17, 15) is 9.59 Å². The molecule has 1 heterocycles. The quantitative estimate of drug-likeness (QED) is 0.817. The van der Waals surface area contributed by atoms with Crippen molar-refractivity contribution in [3.63, 3.8) is 0 Å². The van der Waals surface area contributed by atoms with E-state index in [2.05, 4.69) is 17.4 Å². The smallest absolute Gasteiger partial charge is 0.318 e. The van der Waals surface area contributed by atoms with E-state index >= 15 is 0 Å². The Morgan fingerprint density at radius 2 is 1.71 bits per heavy atom. The number of urea groups is 1. The molecule has 1 aliphatic heterocycles. The third kappa shape index (κ3) is 4.53. The van der Waals surface area contributed by atoms with Gasteiger partial charge in [-0.25, -0.2) is 4.79 Å². The van der Waals surface area contributed by atoms with Gasteiger partial charge in [0.2, 0.25) is 0 Å². The zero-order valence-corrected chi connectivity index (χ0v) is 16.7. The maximum Gasteiger partial charge on any atom is 0.318 e. The first-order chi connectivity index (χ1) is 13.6. The van der Waals surface area contributed by atoms with Crippen molar-refractivity contribution < 1.29 is 9.59 Å². The van der Waals surface area contributed by atoms with Gasteiger partial charge in [-0.1, -0.05) is 42.5 Å². The van der Waals surface area contributed by atoms with Crippen LogP contribution in [0.1, 0.15) is 54.2 Å². The summed E-state index contributed by atoms with van der Waals surface area (Å²) in [4.78, 5) is 28.8. The highest BCUT2D eigenvalue weighted by atomic mass is 16.2. The van der Waals surface area contributed by atoms with E-state index in [0.29, 0.717) is 25.2 Å². The lowest BCUT2D eigenvalue weighted by Crippen LogP contribution is -2.39. The monoisotopic (exact) mass is 379 g/mol. The van der Waals surface area contributed by atoms with Crippen molar-refractivity contribution in [1.29, 1.82) is 0 Å². The Hall–Kier alpha value is -2.82. The lowest BCUT2D eigenvalue weighted by atomic mass is 10.1. The second kappa shape index (κ2) is 9.40. The largest absolute Gasteiger partial charge is 0.339 e. The van der Waals surface area contributed by atoms with Crippen LogP contribution in [0.25, 0.3) is 0 Å². The summed E-state index contributed by atoms with van der Waals surface area (Å²) in [6.07, 6.45) is 2.02. The maximum absolute atomic E-state index is 12.7. The fraction of sp³-hybridized carbons (Fsp3) is 0.391. The molecule has 0 spiro atoms. The van der Waals surface area contributed by atoms with Crippen molar-refractivity contribution >= 4 is 11.9 Å². The van der Waals surface area contributed by atoms with E-state index in [4.69, 9.17) is 0 Å². The van der Waals surface area contributed by atoms with E-state index in [1.54, 1.807) is 4.90 Å². The highest BCUT2D eigenvalue weighted by Crippen LogP contribution is 2.31. The van der Waals surface area contributed by atoms with Gasteiger partial charge < -0.3 is 15.1 Å². The van der Waals surface area contributed by atoms with Crippen LogP contribution < -0.4 is 5.32 Å². The van der Waals surface area contributed by atoms with E-state index in [1.165, 1.54) is 5.56 Å². The topological polar surface area (TPSA) is 52.7 Å². The Morgan fingerprint density at radius 1 is 1.04 bits per heavy atom. The molecule has 28 heavy (non-hydrogen) atoms. The second-order valence-corrected chi connectivity index (χ2v) is 7.10. The molecule has 1 saturated heterocycles. The number of nitrogens with zero attached hydrogens (tertiary/aromatic N) is 2. The van der Waals surface area contributed by atoms with E-state index in [1.807, 2.05) is 61.2 Å². The number of rotatable bonds is 6. The molecule has 0 aliphatic carbocycles. The molecule has 0 bridgehead atoms. The summed E-state index contributed by atoms with van der Waals surface area (Å²) in [5, 5.41) is 3.03. The van der Waals surface area contributed by atoms with Gasteiger partial charge in [-0.15, -0.1) is 0 Å². The normalized spacial score (nSPS) is 16.1. The van der Waals surface area contributed by atoms with E-state index < -0.39 is 0 Å². The minimum Gasteiger partial charge on any atom is -0.339 e. The number of carbonyl (C=O) groups excluding carboxylic acids is 2. The number of amides is 3. The van der Waals surface area contributed by atoms with Gasteiger partial charge >= 0.3 is 6.03 Å². The second-order valence-electron chi connectivity index (χ2n) is 7.10. The van der Waals surface area contributed by atoms with Crippen LogP contribution in [0, 0.1) is 0 Å². The molecular formula is C23H29N3O2. The molecule has 3 amide bonds. The van der Waals surface area contributed by atoms with Crippen molar-refractivity contribution in [1.82, 2.24) is 15.1 Å². The summed E-state index contributed by atoms with van der Waals surface area (Å²) in [5.74, 6) is 0.0448. The molecule has 148 valence electrons. The fourth-order valence-corrected chi connectivity index (χ4v) is 3.77. The number of likely N-dealkylation sites (tertiary alicyclic amines) is 1. The van der Waals surface area contributed by atoms with Gasteiger partial charge in [-0.3, -0.25) is 4.79 Å². The zero-order valence-electron chi connectivity index (χ0n) is 16.7. The van der Waals surface area contributed by atoms with E-state index in [0.717, 1.165) is 24.9 Å². The predicted octanol–water partition coefficient (Wildman–Crippen LogP) is 4.22. The average molecular weight is 380 g/mol. The SMILES string of the molecule is CCN(CC)C(=O)c1ccc(CNC(=O)N2CCCC2c2ccccc2)cc1. The number of nitrogens with one attached hydrogen (secondary N) is 1. The third-order valence-electron chi connectivity index (χ3n) is 5.39. The van der Waals surface area contributed by atoms with Gasteiger partial charge in [0, 0.05) is 31.7 Å². The minimum atomic E-state index is -0.0327. The third-order valence-corrected chi connectivity index (χ3v) is 5.39. The van der Waals surface area contributed by atoms with Crippen molar-refractivity contribution in [2.75, 3.05) is 19.6 Å².